The molecule has 0 fully saturated rings. The van der Waals surface area contributed by atoms with Crippen LogP contribution in [0.2, 0.25) is 0 Å². The number of hydrogen-bond donors (Lipinski definition) is 2. The van der Waals surface area contributed by atoms with Gasteiger partial charge in [0, 0.05) is 35.2 Å². The van der Waals surface area contributed by atoms with Gasteiger partial charge in [-0.15, -0.1) is 0 Å². The zero-order chi connectivity index (χ0) is 32.5. The first kappa shape index (κ1) is 33.2. The molecule has 2 heterocycles. The smallest absolute Gasteiger partial charge is 0.490 e. The van der Waals surface area contributed by atoms with Crippen molar-refractivity contribution in [3.05, 3.63) is 103 Å². The maximum absolute atomic E-state index is 13.7. The van der Waals surface area contributed by atoms with E-state index < -0.39 is 29.6 Å². The summed E-state index contributed by atoms with van der Waals surface area (Å²) in [5.41, 5.74) is 0.518. The van der Waals surface area contributed by atoms with Gasteiger partial charge in [-0.2, -0.15) is 13.2 Å². The predicted octanol–water partition coefficient (Wildman–Crippen LogP) is 6.41. The van der Waals surface area contributed by atoms with E-state index in [2.05, 4.69) is 10.3 Å². The van der Waals surface area contributed by atoms with Crippen molar-refractivity contribution in [2.75, 3.05) is 12.0 Å². The monoisotopic (exact) mass is 613 g/mol. The number of benzene rings is 2. The maximum atomic E-state index is 13.7. The number of nitrogens with one attached hydrogen (secondary N) is 1. The molecule has 0 saturated carbocycles. The number of carboxylic acid groups (broad SMARTS) is 1. The highest BCUT2D eigenvalue weighted by atomic mass is 19.4. The summed E-state index contributed by atoms with van der Waals surface area (Å²) in [6.45, 7) is 5.65. The highest BCUT2D eigenvalue weighted by Gasteiger charge is 2.38. The van der Waals surface area contributed by atoms with E-state index in [-0.39, 0.29) is 11.7 Å². The summed E-state index contributed by atoms with van der Waals surface area (Å²) in [4.78, 5) is 41.8. The van der Waals surface area contributed by atoms with Crippen molar-refractivity contribution in [1.29, 1.82) is 0 Å². The minimum atomic E-state index is -5.08. The minimum absolute atomic E-state index is 0.106. The molecule has 0 spiro atoms. The molecule has 13 heteroatoms. The molecule has 10 nitrogen and oxygen atoms in total. The number of aliphatic carboxylic acids is 1. The number of rotatable bonds is 8. The molecule has 232 valence electrons. The molecule has 4 aromatic rings. The van der Waals surface area contributed by atoms with E-state index in [1.807, 2.05) is 39.0 Å². The van der Waals surface area contributed by atoms with Crippen molar-refractivity contribution in [2.24, 2.45) is 0 Å². The van der Waals surface area contributed by atoms with Gasteiger partial charge in [0.25, 0.3) is 5.91 Å². The summed E-state index contributed by atoms with van der Waals surface area (Å²) in [5.74, 6) is -1.63. The van der Waals surface area contributed by atoms with Gasteiger partial charge in [0.05, 0.1) is 13.4 Å². The topological polar surface area (TPSA) is 131 Å². The number of nitrogens with zero attached hydrogens (tertiary/aromatic N) is 2. The van der Waals surface area contributed by atoms with Gasteiger partial charge in [0.1, 0.15) is 23.3 Å². The molecule has 1 unspecified atom stereocenters. The summed E-state index contributed by atoms with van der Waals surface area (Å²) in [7, 11) is 1.59. The van der Waals surface area contributed by atoms with Crippen LogP contribution in [0.4, 0.5) is 18.9 Å². The second-order valence-corrected chi connectivity index (χ2v) is 10.2. The van der Waals surface area contributed by atoms with E-state index >= 15 is 0 Å². The number of carboxylic acids is 1. The average Bonchev–Trinajstić information content (AvgIpc) is 3.51. The van der Waals surface area contributed by atoms with Gasteiger partial charge >= 0.3 is 12.1 Å². The molecule has 0 aliphatic heterocycles. The first-order valence-electron chi connectivity index (χ1n) is 13.0. The summed E-state index contributed by atoms with van der Waals surface area (Å²) in [6, 6.07) is 19.9. The summed E-state index contributed by atoms with van der Waals surface area (Å²) < 4.78 is 48.4. The van der Waals surface area contributed by atoms with Crippen molar-refractivity contribution in [2.45, 2.75) is 38.5 Å². The molecule has 1 atom stereocenters. The molecule has 0 aliphatic carbocycles. The van der Waals surface area contributed by atoms with Crippen molar-refractivity contribution < 1.29 is 46.6 Å². The summed E-state index contributed by atoms with van der Waals surface area (Å²) >= 11 is 0. The van der Waals surface area contributed by atoms with Crippen LogP contribution in [0.1, 0.15) is 42.9 Å². The lowest BCUT2D eigenvalue weighted by Gasteiger charge is -2.33. The Bertz CT molecular complexity index is 1540. The fourth-order valence-corrected chi connectivity index (χ4v) is 3.77. The molecule has 2 N–H and O–H groups in total. The quantitative estimate of drug-likeness (QED) is 0.233. The lowest BCUT2D eigenvalue weighted by Crippen LogP contribution is -2.49. The molecule has 2 aromatic heterocycles. The number of amides is 2. The number of methoxy groups -OCH3 is 1. The number of furan rings is 1. The second kappa shape index (κ2) is 14.2. The third-order valence-electron chi connectivity index (χ3n) is 5.59. The van der Waals surface area contributed by atoms with Crippen LogP contribution in [0.25, 0.3) is 0 Å². The van der Waals surface area contributed by atoms with E-state index in [0.717, 1.165) is 0 Å². The first-order valence-corrected chi connectivity index (χ1v) is 13.0. The average molecular weight is 614 g/mol. The molecule has 0 radical (unpaired) electrons. The Morgan fingerprint density at radius 1 is 0.932 bits per heavy atom. The van der Waals surface area contributed by atoms with Crippen LogP contribution in [0.5, 0.6) is 17.2 Å². The minimum Gasteiger partial charge on any atom is -0.497 e. The summed E-state index contributed by atoms with van der Waals surface area (Å²) in [5, 5.41) is 10.1. The van der Waals surface area contributed by atoms with Gasteiger partial charge in [-0.1, -0.05) is 12.1 Å². The number of ether oxygens (including phenoxy) is 2. The molecule has 4 rings (SSSR count). The lowest BCUT2D eigenvalue weighted by atomic mass is 10.0. The van der Waals surface area contributed by atoms with Crippen LogP contribution in [0.15, 0.2) is 95.9 Å². The fraction of sp³-hybridized carbons (Fsp3) is 0.226. The van der Waals surface area contributed by atoms with E-state index in [1.54, 1.807) is 74.1 Å². The van der Waals surface area contributed by atoms with E-state index in [9.17, 15) is 22.8 Å². The second-order valence-electron chi connectivity index (χ2n) is 10.2. The zero-order valence-corrected chi connectivity index (χ0v) is 24.2. The van der Waals surface area contributed by atoms with Crippen LogP contribution in [-0.4, -0.2) is 46.7 Å². The van der Waals surface area contributed by atoms with Crippen molar-refractivity contribution >= 4 is 23.5 Å². The maximum Gasteiger partial charge on any atom is 0.490 e. The van der Waals surface area contributed by atoms with Crippen LogP contribution >= 0.6 is 0 Å². The highest BCUT2D eigenvalue weighted by molar-refractivity contribution is 6.08. The molecular weight excluding hydrogens is 583 g/mol. The number of anilines is 1. The number of alkyl halides is 3. The lowest BCUT2D eigenvalue weighted by molar-refractivity contribution is -0.192. The van der Waals surface area contributed by atoms with Crippen molar-refractivity contribution in [3.8, 4) is 17.2 Å². The SMILES string of the molecule is COc1cccc(Oc2ccc(N(C(=O)c3ccco3)C(C(=O)NC(C)(C)C)c3cccnc3)cc2)c1.O=C(O)C(F)(F)F. The Morgan fingerprint density at radius 3 is 2.11 bits per heavy atom. The van der Waals surface area contributed by atoms with Gasteiger partial charge < -0.3 is 24.3 Å². The van der Waals surface area contributed by atoms with Crippen LogP contribution in [-0.2, 0) is 9.59 Å². The molecule has 0 bridgehead atoms. The van der Waals surface area contributed by atoms with E-state index in [0.29, 0.717) is 28.5 Å². The Hall–Kier alpha value is -5.33. The number of carbonyl (C=O) groups excluding carboxylic acids is 2. The number of carbonyl (C=O) groups is 3. The first-order chi connectivity index (χ1) is 20.7. The van der Waals surface area contributed by atoms with Gasteiger partial charge in [0.15, 0.2) is 5.76 Å². The molecule has 2 aromatic carbocycles. The van der Waals surface area contributed by atoms with Gasteiger partial charge in [0.2, 0.25) is 5.91 Å². The van der Waals surface area contributed by atoms with Crippen molar-refractivity contribution in [3.63, 3.8) is 0 Å². The fourth-order valence-electron chi connectivity index (χ4n) is 3.77. The van der Waals surface area contributed by atoms with Gasteiger partial charge in [-0.3, -0.25) is 19.5 Å². The number of halogens is 3. The number of pyridine rings is 1. The molecule has 0 aliphatic rings. The third kappa shape index (κ3) is 9.34. The van der Waals surface area contributed by atoms with E-state index in [4.69, 9.17) is 23.8 Å². The predicted molar refractivity (Wildman–Crippen MR) is 154 cm³/mol. The van der Waals surface area contributed by atoms with Crippen LogP contribution in [0, 0.1) is 0 Å². The molecule has 0 saturated heterocycles. The number of aromatic nitrogens is 1. The highest BCUT2D eigenvalue weighted by Crippen LogP contribution is 2.33. The van der Waals surface area contributed by atoms with Gasteiger partial charge in [-0.05, 0) is 75.4 Å². The van der Waals surface area contributed by atoms with Crippen LogP contribution < -0.4 is 19.7 Å². The Balaban J connectivity index is 0.000000676. The number of hydrogen-bond acceptors (Lipinski definition) is 7. The Kier molecular flexibility index (Phi) is 10.7. The normalized spacial score (nSPS) is 11.8. The summed E-state index contributed by atoms with van der Waals surface area (Å²) in [6.07, 6.45) is -0.466. The van der Waals surface area contributed by atoms with Crippen LogP contribution in [0.3, 0.4) is 0 Å². The Labute approximate surface area is 251 Å². The third-order valence-corrected chi connectivity index (χ3v) is 5.59. The standard InChI is InChI=1S/C29H29N3O5.C2HF3O2/c1-29(2,3)31-27(33)26(20-8-6-16-30-19-20)32(28(34)25-11-7-17-36-25)21-12-14-22(15-13-21)37-24-10-5-9-23(18-24)35-4;3-2(4,5)1(6)7/h5-19,26H,1-4H3,(H,31,33);(H,6,7). The molecule has 2 amide bonds. The van der Waals surface area contributed by atoms with Crippen molar-refractivity contribution in [1.82, 2.24) is 10.3 Å². The molecule has 44 heavy (non-hydrogen) atoms. The van der Waals surface area contributed by atoms with Gasteiger partial charge in [-0.25, -0.2) is 4.79 Å². The largest absolute Gasteiger partial charge is 0.497 e. The zero-order valence-electron chi connectivity index (χ0n) is 24.2. The Morgan fingerprint density at radius 2 is 1.59 bits per heavy atom. The molecular formula is C31H30F3N3O7. The van der Waals surface area contributed by atoms with E-state index in [1.165, 1.54) is 11.2 Å².